The van der Waals surface area contributed by atoms with Crippen LogP contribution in [0.15, 0.2) is 65.6 Å². The van der Waals surface area contributed by atoms with E-state index in [0.29, 0.717) is 21.8 Å². The lowest BCUT2D eigenvalue weighted by Gasteiger charge is -2.11. The molecule has 0 saturated heterocycles. The van der Waals surface area contributed by atoms with Gasteiger partial charge in [0, 0.05) is 35.1 Å². The molecule has 1 aromatic heterocycles. The van der Waals surface area contributed by atoms with E-state index in [1.54, 1.807) is 25.1 Å². The number of hydrogen-bond donors (Lipinski definition) is 1. The van der Waals surface area contributed by atoms with Crippen molar-refractivity contribution in [2.24, 2.45) is 0 Å². The predicted octanol–water partition coefficient (Wildman–Crippen LogP) is 4.02. The number of carbonyl (C=O) groups excluding carboxylic acids is 1. The molecule has 0 bridgehead atoms. The van der Waals surface area contributed by atoms with E-state index in [1.807, 2.05) is 6.07 Å². The Balaban J connectivity index is 1.83. The van der Waals surface area contributed by atoms with Crippen molar-refractivity contribution in [3.8, 4) is 0 Å². The van der Waals surface area contributed by atoms with Crippen LogP contribution in [-0.4, -0.2) is 15.4 Å². The lowest BCUT2D eigenvalue weighted by atomic mass is 10.1. The lowest BCUT2D eigenvalue weighted by Crippen LogP contribution is -2.22. The summed E-state index contributed by atoms with van der Waals surface area (Å²) < 4.78 is 1.42. The van der Waals surface area contributed by atoms with Crippen LogP contribution < -0.4 is 10.9 Å². The Morgan fingerprint density at radius 1 is 1.18 bits per heavy atom. The molecule has 1 N–H and O–H groups in total. The molecule has 1 heterocycles. The summed E-state index contributed by atoms with van der Waals surface area (Å²) in [6.07, 6.45) is 1.47. The van der Waals surface area contributed by atoms with E-state index in [4.69, 9.17) is 11.6 Å². The van der Waals surface area contributed by atoms with E-state index in [9.17, 15) is 19.7 Å². The number of anilines is 1. The number of benzene rings is 2. The first-order chi connectivity index (χ1) is 13.3. The number of nitrogens with one attached hydrogen (secondary N) is 1. The second-order valence-corrected chi connectivity index (χ2v) is 6.66. The monoisotopic (exact) mass is 397 g/mol. The standard InChI is InChI=1S/C20H16ClN3O4/c1-13-9-17(24(27)28)6-7-18(13)22-20(26)15-5-8-19(25)23(12-15)11-14-3-2-4-16(21)10-14/h2-10,12H,11H2,1H3,(H,22,26). The summed E-state index contributed by atoms with van der Waals surface area (Å²) in [6, 6.07) is 14.1. The van der Waals surface area contributed by atoms with Crippen LogP contribution in [0.1, 0.15) is 21.5 Å². The number of nitrogens with zero attached hydrogens (tertiary/aromatic N) is 2. The van der Waals surface area contributed by atoms with Gasteiger partial charge in [0.25, 0.3) is 17.2 Å². The van der Waals surface area contributed by atoms with Crippen LogP contribution in [0.4, 0.5) is 11.4 Å². The van der Waals surface area contributed by atoms with Crippen LogP contribution in [0.5, 0.6) is 0 Å². The summed E-state index contributed by atoms with van der Waals surface area (Å²) in [5.41, 5.74) is 1.85. The number of amides is 1. The van der Waals surface area contributed by atoms with Gasteiger partial charge in [-0.15, -0.1) is 0 Å². The minimum atomic E-state index is -0.496. The van der Waals surface area contributed by atoms with Gasteiger partial charge in [0.2, 0.25) is 0 Å². The number of halogens is 1. The number of aryl methyl sites for hydroxylation is 1. The van der Waals surface area contributed by atoms with E-state index in [-0.39, 0.29) is 17.8 Å². The number of non-ortho nitro benzene ring substituents is 1. The summed E-state index contributed by atoms with van der Waals surface area (Å²) in [5.74, 6) is -0.420. The first-order valence-corrected chi connectivity index (χ1v) is 8.72. The zero-order chi connectivity index (χ0) is 20.3. The molecule has 142 valence electrons. The Labute approximate surface area is 165 Å². The van der Waals surface area contributed by atoms with Gasteiger partial charge >= 0.3 is 0 Å². The molecular weight excluding hydrogens is 382 g/mol. The molecule has 28 heavy (non-hydrogen) atoms. The number of hydrogen-bond acceptors (Lipinski definition) is 4. The average Bonchev–Trinajstić information content (AvgIpc) is 2.65. The maximum absolute atomic E-state index is 12.6. The van der Waals surface area contributed by atoms with Crippen molar-refractivity contribution in [3.63, 3.8) is 0 Å². The molecule has 3 aromatic rings. The van der Waals surface area contributed by atoms with Crippen LogP contribution in [-0.2, 0) is 6.54 Å². The van der Waals surface area contributed by atoms with Gasteiger partial charge in [-0.3, -0.25) is 19.7 Å². The minimum Gasteiger partial charge on any atom is -0.322 e. The molecule has 0 fully saturated rings. The van der Waals surface area contributed by atoms with Crippen molar-refractivity contribution < 1.29 is 9.72 Å². The van der Waals surface area contributed by atoms with Gasteiger partial charge < -0.3 is 9.88 Å². The molecule has 0 unspecified atom stereocenters. The van der Waals surface area contributed by atoms with Crippen LogP contribution in [0.3, 0.4) is 0 Å². The van der Waals surface area contributed by atoms with Crippen molar-refractivity contribution in [1.29, 1.82) is 0 Å². The van der Waals surface area contributed by atoms with Crippen molar-refractivity contribution in [2.45, 2.75) is 13.5 Å². The molecule has 3 rings (SSSR count). The Morgan fingerprint density at radius 3 is 2.64 bits per heavy atom. The second-order valence-electron chi connectivity index (χ2n) is 6.22. The molecule has 0 aliphatic rings. The Kier molecular flexibility index (Phi) is 5.56. The molecule has 1 amide bonds. The normalized spacial score (nSPS) is 10.5. The third-order valence-electron chi connectivity index (χ3n) is 4.16. The zero-order valence-corrected chi connectivity index (χ0v) is 15.6. The van der Waals surface area contributed by atoms with Gasteiger partial charge in [-0.25, -0.2) is 0 Å². The number of nitro benzene ring substituents is 1. The molecule has 0 aliphatic carbocycles. The SMILES string of the molecule is Cc1cc([N+](=O)[O-])ccc1NC(=O)c1ccc(=O)n(Cc2cccc(Cl)c2)c1. The summed E-state index contributed by atoms with van der Waals surface area (Å²) in [4.78, 5) is 35.0. The minimum absolute atomic E-state index is 0.0504. The van der Waals surface area contributed by atoms with E-state index in [2.05, 4.69) is 5.32 Å². The molecule has 0 aliphatic heterocycles. The molecule has 8 heteroatoms. The van der Waals surface area contributed by atoms with Crippen molar-refractivity contribution in [3.05, 3.63) is 103 Å². The molecule has 2 aromatic carbocycles. The third kappa shape index (κ3) is 4.44. The first-order valence-electron chi connectivity index (χ1n) is 8.35. The molecule has 0 spiro atoms. The first kappa shape index (κ1) is 19.3. The van der Waals surface area contributed by atoms with Crippen molar-refractivity contribution >= 4 is 28.9 Å². The summed E-state index contributed by atoms with van der Waals surface area (Å²) in [7, 11) is 0. The largest absolute Gasteiger partial charge is 0.322 e. The number of rotatable bonds is 5. The number of nitro groups is 1. The molecular formula is C20H16ClN3O4. The Morgan fingerprint density at radius 2 is 1.96 bits per heavy atom. The highest BCUT2D eigenvalue weighted by atomic mass is 35.5. The molecule has 0 saturated carbocycles. The van der Waals surface area contributed by atoms with Crippen molar-refractivity contribution in [1.82, 2.24) is 4.57 Å². The van der Waals surface area contributed by atoms with Gasteiger partial charge in [0.15, 0.2) is 0 Å². The van der Waals surface area contributed by atoms with Gasteiger partial charge in [0.1, 0.15) is 0 Å². The maximum Gasteiger partial charge on any atom is 0.269 e. The van der Waals surface area contributed by atoms with Gasteiger partial charge in [0.05, 0.1) is 17.0 Å². The fourth-order valence-electron chi connectivity index (χ4n) is 2.72. The highest BCUT2D eigenvalue weighted by Crippen LogP contribution is 2.21. The van der Waals surface area contributed by atoms with E-state index < -0.39 is 10.8 Å². The topological polar surface area (TPSA) is 94.2 Å². The summed E-state index contributed by atoms with van der Waals surface area (Å²) in [6.45, 7) is 1.94. The van der Waals surface area contributed by atoms with E-state index >= 15 is 0 Å². The van der Waals surface area contributed by atoms with E-state index in [1.165, 1.54) is 41.1 Å². The van der Waals surface area contributed by atoms with Crippen LogP contribution in [0.25, 0.3) is 0 Å². The second kappa shape index (κ2) is 8.06. The predicted molar refractivity (Wildman–Crippen MR) is 107 cm³/mol. The smallest absolute Gasteiger partial charge is 0.269 e. The highest BCUT2D eigenvalue weighted by molar-refractivity contribution is 6.30. The molecule has 0 radical (unpaired) electrons. The third-order valence-corrected chi connectivity index (χ3v) is 4.39. The number of carbonyl (C=O) groups is 1. The maximum atomic E-state index is 12.6. The number of pyridine rings is 1. The molecule has 7 nitrogen and oxygen atoms in total. The van der Waals surface area contributed by atoms with Gasteiger partial charge in [-0.1, -0.05) is 23.7 Å². The fourth-order valence-corrected chi connectivity index (χ4v) is 2.93. The Bertz CT molecular complexity index is 1120. The van der Waals surface area contributed by atoms with Crippen LogP contribution >= 0.6 is 11.6 Å². The number of aromatic nitrogens is 1. The van der Waals surface area contributed by atoms with E-state index in [0.717, 1.165) is 5.56 Å². The average molecular weight is 398 g/mol. The summed E-state index contributed by atoms with van der Waals surface area (Å²) in [5, 5.41) is 14.1. The summed E-state index contributed by atoms with van der Waals surface area (Å²) >= 11 is 5.97. The lowest BCUT2D eigenvalue weighted by molar-refractivity contribution is -0.384. The Hall–Kier alpha value is -3.45. The van der Waals surface area contributed by atoms with Gasteiger partial charge in [-0.2, -0.15) is 0 Å². The zero-order valence-electron chi connectivity index (χ0n) is 14.9. The highest BCUT2D eigenvalue weighted by Gasteiger charge is 2.13. The van der Waals surface area contributed by atoms with Crippen LogP contribution in [0.2, 0.25) is 5.02 Å². The van der Waals surface area contributed by atoms with Crippen molar-refractivity contribution in [2.75, 3.05) is 5.32 Å². The molecule has 0 atom stereocenters. The van der Waals surface area contributed by atoms with Gasteiger partial charge in [-0.05, 0) is 42.3 Å². The quantitative estimate of drug-likeness (QED) is 0.519. The fraction of sp³-hybridized carbons (Fsp3) is 0.100. The van der Waals surface area contributed by atoms with Crippen LogP contribution in [0, 0.1) is 17.0 Å².